The summed E-state index contributed by atoms with van der Waals surface area (Å²) in [6, 6.07) is 0. The van der Waals surface area contributed by atoms with Crippen molar-refractivity contribution in [1.82, 2.24) is 0 Å². The molecule has 0 amide bonds. The predicted molar refractivity (Wildman–Crippen MR) is 23.8 cm³/mol. The molecule has 0 spiro atoms. The fourth-order valence-electron chi connectivity index (χ4n) is 0. The molecule has 0 fully saturated rings. The molecule has 23 valence electrons. The molecule has 0 saturated carbocycles. The standard InChI is InChI=1S/CH4S.Na.H2O/c1-2;;/h2H,1H3;;1H2. The summed E-state index contributed by atoms with van der Waals surface area (Å²) in [4.78, 5) is 0. The summed E-state index contributed by atoms with van der Waals surface area (Å²) in [6.07, 6.45) is 1.81. The van der Waals surface area contributed by atoms with Crippen LogP contribution < -0.4 is 0 Å². The molecule has 0 aromatic rings. The zero-order valence-electron chi connectivity index (χ0n) is 2.95. The second kappa shape index (κ2) is 27.5. The van der Waals surface area contributed by atoms with Crippen molar-refractivity contribution in [3.05, 3.63) is 0 Å². The molecule has 0 aliphatic rings. The first-order valence-electron chi connectivity index (χ1n) is 0.500. The van der Waals surface area contributed by atoms with Gasteiger partial charge in [-0.3, -0.25) is 0 Å². The summed E-state index contributed by atoms with van der Waals surface area (Å²) < 4.78 is 0. The molecule has 3 heteroatoms. The van der Waals surface area contributed by atoms with E-state index in [0.717, 1.165) is 0 Å². The second-order valence-corrected chi connectivity index (χ2v) is 0. The van der Waals surface area contributed by atoms with E-state index in [1.807, 2.05) is 0 Å². The van der Waals surface area contributed by atoms with Gasteiger partial charge in [0.05, 0.1) is 6.26 Å². The van der Waals surface area contributed by atoms with Gasteiger partial charge in [-0.1, -0.05) is 0 Å². The van der Waals surface area contributed by atoms with Gasteiger partial charge in [-0.15, -0.1) is 0 Å². The summed E-state index contributed by atoms with van der Waals surface area (Å²) in [5, 5.41) is 0. The van der Waals surface area contributed by atoms with Crippen LogP contribution in [0.1, 0.15) is 0 Å². The molecule has 1 nitrogen and oxygen atoms in total. The third-order valence-electron chi connectivity index (χ3n) is 0. The Morgan fingerprint density at radius 2 is 1.25 bits per heavy atom. The molecule has 0 aromatic heterocycles. The fraction of sp³-hybridized carbons (Fsp3) is 1.00. The van der Waals surface area contributed by atoms with Crippen molar-refractivity contribution < 1.29 is 5.48 Å². The van der Waals surface area contributed by atoms with Crippen LogP contribution in [0.2, 0.25) is 0 Å². The van der Waals surface area contributed by atoms with Crippen LogP contribution in [-0.2, 0) is 12.6 Å². The van der Waals surface area contributed by atoms with Crippen LogP contribution in [0.15, 0.2) is 0 Å². The molecule has 1 radical (unpaired) electrons. The second-order valence-electron chi connectivity index (χ2n) is 0. The molecular formula is CH6NaOS. The third-order valence-corrected chi connectivity index (χ3v) is 0. The van der Waals surface area contributed by atoms with Crippen LogP contribution in [0.3, 0.4) is 0 Å². The molecule has 0 aliphatic carbocycles. The maximum atomic E-state index is 2.97. The van der Waals surface area contributed by atoms with Gasteiger partial charge in [0, 0.05) is 29.6 Å². The van der Waals surface area contributed by atoms with Crippen molar-refractivity contribution in [3.8, 4) is 0 Å². The van der Waals surface area contributed by atoms with Crippen LogP contribution in [0.4, 0.5) is 0 Å². The molecular weight excluding hydrogens is 83.1 g/mol. The first kappa shape index (κ1) is 18.5. The number of rotatable bonds is 0. The van der Waals surface area contributed by atoms with E-state index in [1.54, 1.807) is 6.26 Å². The molecule has 0 atom stereocenters. The monoisotopic (exact) mass is 89.0 g/mol. The van der Waals surface area contributed by atoms with E-state index in [9.17, 15) is 0 Å². The molecule has 4 heavy (non-hydrogen) atoms. The van der Waals surface area contributed by atoms with E-state index in [4.69, 9.17) is 0 Å². The normalized spacial score (nSPS) is 1.50. The fourth-order valence-corrected chi connectivity index (χ4v) is 0. The van der Waals surface area contributed by atoms with Crippen LogP contribution >= 0.6 is 0 Å². The first-order chi connectivity index (χ1) is 1.00. The van der Waals surface area contributed by atoms with Gasteiger partial charge in [0.1, 0.15) is 0 Å². The van der Waals surface area contributed by atoms with E-state index < -0.39 is 0 Å². The Morgan fingerprint density at radius 1 is 1.25 bits per heavy atom. The Labute approximate surface area is 53.8 Å². The first-order valence-corrected chi connectivity index (χ1v) is 1.50. The van der Waals surface area contributed by atoms with Gasteiger partial charge in [-0.05, 0) is 12.6 Å². The zero-order valence-corrected chi connectivity index (χ0v) is 5.95. The Balaban J connectivity index is -0.00000000500. The summed E-state index contributed by atoms with van der Waals surface area (Å²) in [7, 11) is 0. The van der Waals surface area contributed by atoms with Crippen molar-refractivity contribution >= 4 is 42.2 Å². The minimum absolute atomic E-state index is 0. The summed E-state index contributed by atoms with van der Waals surface area (Å²) in [6.45, 7) is 0. The van der Waals surface area contributed by atoms with Crippen molar-refractivity contribution in [2.24, 2.45) is 0 Å². The van der Waals surface area contributed by atoms with Crippen LogP contribution in [-0.4, -0.2) is 41.3 Å². The van der Waals surface area contributed by atoms with Crippen LogP contribution in [0.5, 0.6) is 0 Å². The Morgan fingerprint density at radius 3 is 1.25 bits per heavy atom. The smallest absolute Gasteiger partial charge is 0.0929 e. The molecule has 0 aliphatic heterocycles. The van der Waals surface area contributed by atoms with Crippen LogP contribution in [0.25, 0.3) is 0 Å². The number of hydrogen-bond donors (Lipinski definition) is 0. The SMILES string of the molecule is C[SH2+].[Na].[OH-]. The average molecular weight is 89.1 g/mol. The van der Waals surface area contributed by atoms with E-state index in [0.29, 0.717) is 0 Å². The molecule has 0 saturated heterocycles. The van der Waals surface area contributed by atoms with Crippen molar-refractivity contribution in [3.63, 3.8) is 0 Å². The molecule has 0 bridgehead atoms. The largest absolute Gasteiger partial charge is 0.870 e. The molecule has 0 heterocycles. The van der Waals surface area contributed by atoms with Crippen molar-refractivity contribution in [2.45, 2.75) is 0 Å². The maximum absolute atomic E-state index is 2.97. The van der Waals surface area contributed by atoms with E-state index in [2.05, 4.69) is 12.6 Å². The molecule has 0 aromatic carbocycles. The predicted octanol–water partition coefficient (Wildman–Crippen LogP) is -0.930. The van der Waals surface area contributed by atoms with Crippen LogP contribution in [0, 0.1) is 0 Å². The van der Waals surface area contributed by atoms with Crippen molar-refractivity contribution in [2.75, 3.05) is 6.26 Å². The van der Waals surface area contributed by atoms with E-state index in [-0.39, 0.29) is 35.0 Å². The zero-order chi connectivity index (χ0) is 2.00. The Hall–Kier alpha value is 1.31. The van der Waals surface area contributed by atoms with Gasteiger partial charge < -0.3 is 5.48 Å². The van der Waals surface area contributed by atoms with Gasteiger partial charge in [-0.25, -0.2) is 0 Å². The summed E-state index contributed by atoms with van der Waals surface area (Å²) in [5.41, 5.74) is 0. The molecule has 1 N–H and O–H groups in total. The summed E-state index contributed by atoms with van der Waals surface area (Å²) in [5.74, 6) is 0. The van der Waals surface area contributed by atoms with Gasteiger partial charge in [0.25, 0.3) is 0 Å². The van der Waals surface area contributed by atoms with Gasteiger partial charge in [-0.2, -0.15) is 0 Å². The van der Waals surface area contributed by atoms with Gasteiger partial charge >= 0.3 is 0 Å². The Bertz CT molecular complexity index is 8.00. The third kappa shape index (κ3) is 10.3. The molecule has 0 unspecified atom stereocenters. The van der Waals surface area contributed by atoms with Gasteiger partial charge in [0.2, 0.25) is 0 Å². The minimum atomic E-state index is 0. The van der Waals surface area contributed by atoms with Crippen molar-refractivity contribution in [1.29, 1.82) is 0 Å². The average Bonchev–Trinajstić information content (AvgIpc) is 1.00. The minimum Gasteiger partial charge on any atom is -0.870 e. The maximum Gasteiger partial charge on any atom is 0.0929 e. The Kier molecular flexibility index (Phi) is 127. The van der Waals surface area contributed by atoms with E-state index >= 15 is 0 Å². The summed E-state index contributed by atoms with van der Waals surface area (Å²) >= 11 is 2.97. The molecule has 0 rings (SSSR count). The quantitative estimate of drug-likeness (QED) is 0.278. The van der Waals surface area contributed by atoms with Gasteiger partial charge in [0.15, 0.2) is 0 Å². The number of hydrogen-bond acceptors (Lipinski definition) is 1. The van der Waals surface area contributed by atoms with E-state index in [1.165, 1.54) is 0 Å². The topological polar surface area (TPSA) is 30.0 Å².